The van der Waals surface area contributed by atoms with E-state index in [0.717, 1.165) is 21.4 Å². The molecule has 0 aliphatic carbocycles. The number of rotatable bonds is 5. The van der Waals surface area contributed by atoms with Gasteiger partial charge >= 0.3 is 0 Å². The van der Waals surface area contributed by atoms with E-state index < -0.39 is 0 Å². The molecule has 2 rings (SSSR count). The highest BCUT2D eigenvalue weighted by atomic mass is 79.9. The number of benzene rings is 1. The number of Topliss-reactive ketones (excluding diaryl/α,β-unsaturated/α-hetero) is 1. The molecule has 2 unspecified atom stereocenters. The molecule has 2 aromatic rings. The third-order valence-corrected chi connectivity index (χ3v) is 4.87. The Balaban J connectivity index is 2.13. The van der Waals surface area contributed by atoms with Crippen LogP contribution in [0.4, 0.5) is 0 Å². The van der Waals surface area contributed by atoms with Crippen molar-refractivity contribution >= 4 is 21.7 Å². The largest absolute Gasteiger partial charge is 0.323 e. The first-order valence-corrected chi connectivity index (χ1v) is 7.72. The smallest absolute Gasteiger partial charge is 0.143 e. The Morgan fingerprint density at radius 3 is 2.52 bits per heavy atom. The zero-order valence-corrected chi connectivity index (χ0v) is 14.1. The minimum absolute atomic E-state index is 0.120. The van der Waals surface area contributed by atoms with E-state index in [1.807, 2.05) is 51.2 Å². The van der Waals surface area contributed by atoms with Crippen molar-refractivity contribution in [3.63, 3.8) is 0 Å². The van der Waals surface area contributed by atoms with Gasteiger partial charge in [0.1, 0.15) is 5.78 Å². The van der Waals surface area contributed by atoms with Crippen LogP contribution in [0.25, 0.3) is 0 Å². The van der Waals surface area contributed by atoms with Gasteiger partial charge in [0.25, 0.3) is 0 Å². The van der Waals surface area contributed by atoms with Crippen molar-refractivity contribution in [2.24, 2.45) is 18.7 Å². The van der Waals surface area contributed by atoms with Gasteiger partial charge in [-0.2, -0.15) is 5.10 Å². The highest BCUT2D eigenvalue weighted by molar-refractivity contribution is 9.10. The van der Waals surface area contributed by atoms with E-state index >= 15 is 0 Å². The maximum absolute atomic E-state index is 12.5. The van der Waals surface area contributed by atoms with Crippen LogP contribution in [-0.2, 0) is 18.3 Å². The van der Waals surface area contributed by atoms with Crippen molar-refractivity contribution in [1.82, 2.24) is 9.78 Å². The van der Waals surface area contributed by atoms with Gasteiger partial charge in [-0.15, -0.1) is 0 Å². The van der Waals surface area contributed by atoms with Crippen molar-refractivity contribution in [3.05, 3.63) is 51.8 Å². The summed E-state index contributed by atoms with van der Waals surface area (Å²) in [6.45, 7) is 3.80. The number of hydrogen-bond acceptors (Lipinski definition) is 3. The molecule has 1 aromatic heterocycles. The highest BCUT2D eigenvalue weighted by Gasteiger charge is 2.24. The standard InChI is InChI=1S/C16H20BrN3O/c1-10(16(18)12-7-5-4-6-8-12)14(21)9-13-15(17)11(2)19-20(13)3/h4-8,10,16H,9,18H2,1-3H3. The van der Waals surface area contributed by atoms with Gasteiger partial charge in [0.15, 0.2) is 0 Å². The second-order valence-corrected chi connectivity index (χ2v) is 6.13. The molecule has 0 aliphatic heterocycles. The van der Waals surface area contributed by atoms with E-state index in [1.165, 1.54) is 0 Å². The zero-order valence-electron chi connectivity index (χ0n) is 12.5. The summed E-state index contributed by atoms with van der Waals surface area (Å²) in [5.74, 6) is -0.121. The molecule has 0 saturated carbocycles. The molecule has 0 amide bonds. The van der Waals surface area contributed by atoms with Crippen molar-refractivity contribution in [1.29, 1.82) is 0 Å². The Morgan fingerprint density at radius 1 is 1.38 bits per heavy atom. The van der Waals surface area contributed by atoms with Crippen molar-refractivity contribution < 1.29 is 4.79 Å². The molecule has 2 atom stereocenters. The van der Waals surface area contributed by atoms with E-state index in [0.29, 0.717) is 6.42 Å². The number of nitrogens with two attached hydrogens (primary N) is 1. The molecule has 0 bridgehead atoms. The fraction of sp³-hybridized carbons (Fsp3) is 0.375. The van der Waals surface area contributed by atoms with Gasteiger partial charge in [-0.05, 0) is 28.4 Å². The minimum Gasteiger partial charge on any atom is -0.323 e. The van der Waals surface area contributed by atoms with Crippen LogP contribution < -0.4 is 5.73 Å². The molecule has 5 heteroatoms. The minimum atomic E-state index is -0.285. The Morgan fingerprint density at radius 2 is 2.00 bits per heavy atom. The van der Waals surface area contributed by atoms with E-state index in [9.17, 15) is 4.79 Å². The second-order valence-electron chi connectivity index (χ2n) is 5.34. The molecule has 21 heavy (non-hydrogen) atoms. The fourth-order valence-electron chi connectivity index (χ4n) is 2.36. The monoisotopic (exact) mass is 349 g/mol. The summed E-state index contributed by atoms with van der Waals surface area (Å²) >= 11 is 3.49. The SMILES string of the molecule is Cc1nn(C)c(CC(=O)C(C)C(N)c2ccccc2)c1Br. The number of aromatic nitrogens is 2. The second kappa shape index (κ2) is 6.54. The van der Waals surface area contributed by atoms with Gasteiger partial charge in [0, 0.05) is 25.4 Å². The normalized spacial score (nSPS) is 14.0. The van der Waals surface area contributed by atoms with Crippen molar-refractivity contribution in [3.8, 4) is 0 Å². The first-order chi connectivity index (χ1) is 9.91. The fourth-order valence-corrected chi connectivity index (χ4v) is 2.84. The van der Waals surface area contributed by atoms with Crippen LogP contribution in [0.15, 0.2) is 34.8 Å². The molecule has 4 nitrogen and oxygen atoms in total. The van der Waals surface area contributed by atoms with E-state index in [4.69, 9.17) is 5.73 Å². The number of nitrogens with zero attached hydrogens (tertiary/aromatic N) is 2. The molecule has 1 aromatic carbocycles. The predicted octanol–water partition coefficient (Wildman–Crippen LogP) is 2.94. The maximum atomic E-state index is 12.5. The lowest BCUT2D eigenvalue weighted by Gasteiger charge is -2.19. The molecule has 1 heterocycles. The first kappa shape index (κ1) is 15.9. The summed E-state index contributed by atoms with van der Waals surface area (Å²) < 4.78 is 2.65. The van der Waals surface area contributed by atoms with Crippen LogP contribution in [0.3, 0.4) is 0 Å². The Labute approximate surface area is 133 Å². The van der Waals surface area contributed by atoms with Crippen LogP contribution in [0.2, 0.25) is 0 Å². The van der Waals surface area contributed by atoms with Gasteiger partial charge in [0.05, 0.1) is 15.9 Å². The lowest BCUT2D eigenvalue weighted by Crippen LogP contribution is -2.27. The quantitative estimate of drug-likeness (QED) is 0.902. The van der Waals surface area contributed by atoms with E-state index in [-0.39, 0.29) is 17.7 Å². The molecule has 0 fully saturated rings. The Bertz CT molecular complexity index is 636. The topological polar surface area (TPSA) is 60.9 Å². The summed E-state index contributed by atoms with van der Waals surface area (Å²) in [4.78, 5) is 12.5. The number of ketones is 1. The molecule has 112 valence electrons. The number of carbonyl (C=O) groups is 1. The van der Waals surface area contributed by atoms with Crippen molar-refractivity contribution in [2.45, 2.75) is 26.3 Å². The number of halogens is 1. The number of carbonyl (C=O) groups excluding carboxylic acids is 1. The maximum Gasteiger partial charge on any atom is 0.143 e. The zero-order chi connectivity index (χ0) is 15.6. The van der Waals surface area contributed by atoms with Crippen LogP contribution in [-0.4, -0.2) is 15.6 Å². The van der Waals surface area contributed by atoms with Crippen molar-refractivity contribution in [2.75, 3.05) is 0 Å². The summed E-state index contributed by atoms with van der Waals surface area (Å²) in [7, 11) is 1.85. The molecule has 0 saturated heterocycles. The average molecular weight is 350 g/mol. The summed E-state index contributed by atoms with van der Waals surface area (Å²) in [5.41, 5.74) is 8.99. The Kier molecular flexibility index (Phi) is 4.96. The van der Waals surface area contributed by atoms with E-state index in [1.54, 1.807) is 4.68 Å². The van der Waals surface area contributed by atoms with Gasteiger partial charge in [-0.25, -0.2) is 0 Å². The van der Waals surface area contributed by atoms with Gasteiger partial charge in [-0.1, -0.05) is 37.3 Å². The molecular formula is C16H20BrN3O. The first-order valence-electron chi connectivity index (χ1n) is 6.93. The molecule has 2 N–H and O–H groups in total. The molecule has 0 aliphatic rings. The molecule has 0 spiro atoms. The van der Waals surface area contributed by atoms with Gasteiger partial charge in [0.2, 0.25) is 0 Å². The van der Waals surface area contributed by atoms with Gasteiger partial charge in [-0.3, -0.25) is 9.48 Å². The van der Waals surface area contributed by atoms with Crippen LogP contribution in [0.1, 0.15) is 29.9 Å². The van der Waals surface area contributed by atoms with E-state index in [2.05, 4.69) is 21.0 Å². The van der Waals surface area contributed by atoms with Gasteiger partial charge < -0.3 is 5.73 Å². The summed E-state index contributed by atoms with van der Waals surface area (Å²) in [5, 5.41) is 4.31. The van der Waals surface area contributed by atoms with Crippen LogP contribution in [0, 0.1) is 12.8 Å². The lowest BCUT2D eigenvalue weighted by molar-refractivity contribution is -0.122. The predicted molar refractivity (Wildman–Crippen MR) is 86.9 cm³/mol. The molecule has 0 radical (unpaired) electrons. The number of hydrogen-bond donors (Lipinski definition) is 1. The third kappa shape index (κ3) is 3.41. The summed E-state index contributed by atoms with van der Waals surface area (Å²) in [6.07, 6.45) is 0.333. The molecular weight excluding hydrogens is 330 g/mol. The average Bonchev–Trinajstić information content (AvgIpc) is 2.73. The summed E-state index contributed by atoms with van der Waals surface area (Å²) in [6, 6.07) is 9.45. The number of aryl methyl sites for hydroxylation is 2. The van der Waals surface area contributed by atoms with Crippen LogP contribution >= 0.6 is 15.9 Å². The third-order valence-electron chi connectivity index (χ3n) is 3.83. The highest BCUT2D eigenvalue weighted by Crippen LogP contribution is 2.25. The lowest BCUT2D eigenvalue weighted by atomic mass is 9.90. The Hall–Kier alpha value is -1.46. The van der Waals surface area contributed by atoms with Crippen LogP contribution in [0.5, 0.6) is 0 Å².